The number of aromatic hydroxyl groups is 2. The van der Waals surface area contributed by atoms with Gasteiger partial charge in [0.25, 0.3) is 15.9 Å². The van der Waals surface area contributed by atoms with Crippen molar-refractivity contribution >= 4 is 49.7 Å². The molecule has 10 heteroatoms. The van der Waals surface area contributed by atoms with E-state index < -0.39 is 15.9 Å². The fourth-order valence-electron chi connectivity index (χ4n) is 3.08. The second kappa shape index (κ2) is 8.89. The highest BCUT2D eigenvalue weighted by molar-refractivity contribution is 7.92. The largest absolute Gasteiger partial charge is 0.508 e. The molecule has 0 unspecified atom stereocenters. The van der Waals surface area contributed by atoms with Crippen LogP contribution in [0.15, 0.2) is 94.0 Å². The molecule has 1 amide bonds. The molecule has 0 aliphatic heterocycles. The van der Waals surface area contributed by atoms with Gasteiger partial charge in [0.05, 0.1) is 10.6 Å². The number of anilines is 1. The third-order valence-electron chi connectivity index (χ3n) is 4.73. The number of hydrogen-bond donors (Lipinski definition) is 3. The number of fused-ring (bicyclic) bond motifs is 1. The van der Waals surface area contributed by atoms with Gasteiger partial charge in [0, 0.05) is 21.4 Å². The van der Waals surface area contributed by atoms with E-state index in [0.29, 0.717) is 15.8 Å². The van der Waals surface area contributed by atoms with Gasteiger partial charge in [-0.3, -0.25) is 9.52 Å². The molecule has 4 rings (SSSR count). The summed E-state index contributed by atoms with van der Waals surface area (Å²) in [6, 6.07) is 18.9. The lowest BCUT2D eigenvalue weighted by Gasteiger charge is -2.13. The third-order valence-corrected chi connectivity index (χ3v) is 6.36. The summed E-state index contributed by atoms with van der Waals surface area (Å²) in [5.74, 6) is -0.971. The lowest BCUT2D eigenvalue weighted by molar-refractivity contribution is 0.0995. The molecule has 0 aliphatic rings. The Bertz CT molecular complexity index is 1490. The molecule has 0 heterocycles. The Hall–Kier alpha value is -3.95. The maximum absolute atomic E-state index is 12.9. The van der Waals surface area contributed by atoms with Crippen LogP contribution in [-0.4, -0.2) is 24.5 Å². The molecule has 33 heavy (non-hydrogen) atoms. The second-order valence-electron chi connectivity index (χ2n) is 6.95. The predicted octanol–water partition coefficient (Wildman–Crippen LogP) is 5.63. The summed E-state index contributed by atoms with van der Waals surface area (Å²) >= 11 is 5.84. The van der Waals surface area contributed by atoms with Crippen LogP contribution in [0.25, 0.3) is 10.8 Å². The molecule has 0 spiro atoms. The van der Waals surface area contributed by atoms with Crippen molar-refractivity contribution in [2.24, 2.45) is 10.2 Å². The average molecular weight is 482 g/mol. The van der Waals surface area contributed by atoms with E-state index >= 15 is 0 Å². The summed E-state index contributed by atoms with van der Waals surface area (Å²) in [6.45, 7) is 0. The summed E-state index contributed by atoms with van der Waals surface area (Å²) < 4.78 is 28.3. The molecule has 0 aromatic heterocycles. The van der Waals surface area contributed by atoms with E-state index in [4.69, 9.17) is 11.6 Å². The molecule has 0 bridgehead atoms. The number of sulfonamides is 1. The number of nitrogens with one attached hydrogen (secondary N) is 1. The van der Waals surface area contributed by atoms with Crippen molar-refractivity contribution in [3.8, 4) is 11.5 Å². The predicted molar refractivity (Wildman–Crippen MR) is 125 cm³/mol. The van der Waals surface area contributed by atoms with Gasteiger partial charge in [0.1, 0.15) is 11.4 Å². The van der Waals surface area contributed by atoms with Crippen LogP contribution in [0.2, 0.25) is 5.02 Å². The molecule has 4 aromatic carbocycles. The number of rotatable bonds is 5. The first-order valence-electron chi connectivity index (χ1n) is 9.53. The van der Waals surface area contributed by atoms with Gasteiger partial charge in [0.15, 0.2) is 5.75 Å². The highest BCUT2D eigenvalue weighted by Gasteiger charge is 2.18. The number of benzene rings is 4. The van der Waals surface area contributed by atoms with Crippen LogP contribution >= 0.6 is 11.6 Å². The Kier molecular flexibility index (Phi) is 5.99. The normalized spacial score (nSPS) is 11.7. The number of azo groups is 1. The van der Waals surface area contributed by atoms with Crippen LogP contribution in [0.1, 0.15) is 10.4 Å². The van der Waals surface area contributed by atoms with Gasteiger partial charge >= 0.3 is 0 Å². The van der Waals surface area contributed by atoms with Gasteiger partial charge < -0.3 is 10.2 Å². The number of hydrogen-bond acceptors (Lipinski definition) is 6. The highest BCUT2D eigenvalue weighted by Crippen LogP contribution is 2.40. The molecule has 8 nitrogen and oxygen atoms in total. The maximum atomic E-state index is 12.9. The summed E-state index contributed by atoms with van der Waals surface area (Å²) in [6.07, 6.45) is 0. The molecule has 0 atom stereocenters. The van der Waals surface area contributed by atoms with Crippen LogP contribution in [0.5, 0.6) is 11.5 Å². The first-order valence-corrected chi connectivity index (χ1v) is 11.4. The zero-order valence-corrected chi connectivity index (χ0v) is 18.4. The van der Waals surface area contributed by atoms with E-state index in [1.165, 1.54) is 54.6 Å². The summed E-state index contributed by atoms with van der Waals surface area (Å²) in [4.78, 5) is 12.3. The van der Waals surface area contributed by atoms with Gasteiger partial charge in [-0.25, -0.2) is 8.42 Å². The monoisotopic (exact) mass is 481 g/mol. The number of carbonyl (C=O) groups is 1. The molecule has 4 aromatic rings. The zero-order chi connectivity index (χ0) is 23.6. The summed E-state index contributed by atoms with van der Waals surface area (Å²) in [5, 5.41) is 28.6. The number of nitrogens with zero attached hydrogens (tertiary/aromatic N) is 2. The first kappa shape index (κ1) is 22.3. The Morgan fingerprint density at radius 1 is 0.879 bits per heavy atom. The SMILES string of the molecule is O=C(N=Nc1cc(NS(=O)(=O)c2ccc(Cl)cc2)c2ccccc2c1O)c1ccc(O)cc1. The van der Waals surface area contributed by atoms with Crippen LogP contribution in [0.3, 0.4) is 0 Å². The molecule has 0 aliphatic carbocycles. The number of carbonyl (C=O) groups excluding carboxylic acids is 1. The van der Waals surface area contributed by atoms with E-state index in [1.807, 2.05) is 0 Å². The molecule has 0 fully saturated rings. The van der Waals surface area contributed by atoms with Crippen molar-refractivity contribution in [2.75, 3.05) is 4.72 Å². The Morgan fingerprint density at radius 2 is 1.52 bits per heavy atom. The minimum Gasteiger partial charge on any atom is -0.508 e. The Labute approximate surface area is 193 Å². The molecule has 0 saturated carbocycles. The van der Waals surface area contributed by atoms with Crippen molar-refractivity contribution in [3.05, 3.63) is 89.4 Å². The van der Waals surface area contributed by atoms with Gasteiger partial charge in [-0.15, -0.1) is 10.2 Å². The number of phenolic OH excluding ortho intramolecular Hbond substituents is 2. The van der Waals surface area contributed by atoms with Crippen molar-refractivity contribution in [1.82, 2.24) is 0 Å². The number of phenols is 2. The quantitative estimate of drug-likeness (QED) is 0.251. The average Bonchev–Trinajstić information content (AvgIpc) is 2.80. The molecule has 166 valence electrons. The fourth-order valence-corrected chi connectivity index (χ4v) is 4.28. The fraction of sp³-hybridized carbons (Fsp3) is 0. The van der Waals surface area contributed by atoms with E-state index in [0.717, 1.165) is 0 Å². The van der Waals surface area contributed by atoms with Gasteiger partial charge in [-0.05, 0) is 54.6 Å². The van der Waals surface area contributed by atoms with Crippen molar-refractivity contribution in [2.45, 2.75) is 4.90 Å². The van der Waals surface area contributed by atoms with E-state index in [9.17, 15) is 23.4 Å². The van der Waals surface area contributed by atoms with E-state index in [1.54, 1.807) is 24.3 Å². The van der Waals surface area contributed by atoms with Gasteiger partial charge in [0.2, 0.25) is 0 Å². The zero-order valence-electron chi connectivity index (χ0n) is 16.8. The standard InChI is InChI=1S/C23H16ClN3O5S/c24-15-7-11-17(12-8-15)33(31,32)27-20-13-21(22(29)19-4-2-1-3-18(19)20)25-26-23(30)14-5-9-16(28)10-6-14/h1-13,27-29H. The lowest BCUT2D eigenvalue weighted by atomic mass is 10.1. The third kappa shape index (κ3) is 4.79. The molecule has 0 radical (unpaired) electrons. The molecular weight excluding hydrogens is 466 g/mol. The maximum Gasteiger partial charge on any atom is 0.295 e. The van der Waals surface area contributed by atoms with Crippen LogP contribution in [-0.2, 0) is 10.0 Å². The van der Waals surface area contributed by atoms with E-state index in [-0.39, 0.29) is 33.3 Å². The van der Waals surface area contributed by atoms with Crippen LogP contribution in [0, 0.1) is 0 Å². The smallest absolute Gasteiger partial charge is 0.295 e. The topological polar surface area (TPSA) is 128 Å². The minimum atomic E-state index is -3.98. The number of halogens is 1. The van der Waals surface area contributed by atoms with Crippen molar-refractivity contribution < 1.29 is 23.4 Å². The van der Waals surface area contributed by atoms with E-state index in [2.05, 4.69) is 15.0 Å². The van der Waals surface area contributed by atoms with Gasteiger partial charge in [-0.1, -0.05) is 35.9 Å². The second-order valence-corrected chi connectivity index (χ2v) is 9.07. The Morgan fingerprint density at radius 3 is 2.18 bits per heavy atom. The van der Waals surface area contributed by atoms with Gasteiger partial charge in [-0.2, -0.15) is 0 Å². The molecular formula is C23H16ClN3O5S. The van der Waals surface area contributed by atoms with Crippen molar-refractivity contribution in [1.29, 1.82) is 0 Å². The van der Waals surface area contributed by atoms with Crippen LogP contribution in [0.4, 0.5) is 11.4 Å². The summed E-state index contributed by atoms with van der Waals surface area (Å²) in [7, 11) is -3.98. The summed E-state index contributed by atoms with van der Waals surface area (Å²) in [5.41, 5.74) is 0.222. The highest BCUT2D eigenvalue weighted by atomic mass is 35.5. The molecule has 0 saturated heterocycles. The minimum absolute atomic E-state index is 0.00487. The van der Waals surface area contributed by atoms with Crippen LogP contribution < -0.4 is 4.72 Å². The molecule has 3 N–H and O–H groups in total. The Balaban J connectivity index is 1.74. The first-order chi connectivity index (χ1) is 15.7. The number of amides is 1. The lowest BCUT2D eigenvalue weighted by Crippen LogP contribution is -2.13. The van der Waals surface area contributed by atoms with Crippen molar-refractivity contribution in [3.63, 3.8) is 0 Å².